The minimum Gasteiger partial charge on any atom is -0.465 e. The normalized spacial score (nSPS) is 28.8. The van der Waals surface area contributed by atoms with Crippen molar-refractivity contribution in [3.63, 3.8) is 0 Å². The average molecular weight is 424 g/mol. The summed E-state index contributed by atoms with van der Waals surface area (Å²) in [7, 11) is 6.28. The highest BCUT2D eigenvalue weighted by atomic mass is 16.5. The fourth-order valence-electron chi connectivity index (χ4n) is 6.66. The van der Waals surface area contributed by atoms with Crippen LogP contribution >= 0.6 is 0 Å². The zero-order chi connectivity index (χ0) is 22.2. The van der Waals surface area contributed by atoms with Crippen LogP contribution in [0.25, 0.3) is 5.57 Å². The van der Waals surface area contributed by atoms with E-state index in [-0.39, 0.29) is 11.0 Å². The van der Waals surface area contributed by atoms with E-state index in [0.29, 0.717) is 5.70 Å². The molecule has 0 amide bonds. The highest BCUT2D eigenvalue weighted by molar-refractivity contribution is 6.15. The first-order valence-electron chi connectivity index (χ1n) is 11.2. The second-order valence-electron chi connectivity index (χ2n) is 9.76. The van der Waals surface area contributed by atoms with Crippen LogP contribution < -0.4 is 0 Å². The molecule has 0 atom stereocenters. The van der Waals surface area contributed by atoms with E-state index in [1.54, 1.807) is 0 Å². The molecule has 0 aliphatic heterocycles. The van der Waals surface area contributed by atoms with E-state index < -0.39 is 11.9 Å². The number of carbonyl (C=O) groups excluding carboxylic acids is 2. The Kier molecular flexibility index (Phi) is 5.96. The zero-order valence-electron chi connectivity index (χ0n) is 19.0. The summed E-state index contributed by atoms with van der Waals surface area (Å²) in [5, 5.41) is 0. The summed E-state index contributed by atoms with van der Waals surface area (Å²) < 4.78 is 9.90. The Morgan fingerprint density at radius 3 is 1.81 bits per heavy atom. The van der Waals surface area contributed by atoms with Crippen molar-refractivity contribution in [3.05, 3.63) is 53.2 Å². The maximum atomic E-state index is 12.6. The van der Waals surface area contributed by atoms with Crippen LogP contribution in [0.1, 0.15) is 44.1 Å². The average Bonchev–Trinajstić information content (AvgIpc) is 2.75. The zero-order valence-corrected chi connectivity index (χ0v) is 19.0. The first-order chi connectivity index (χ1) is 14.9. The third kappa shape index (κ3) is 4.02. The van der Waals surface area contributed by atoms with Crippen molar-refractivity contribution in [2.24, 2.45) is 23.2 Å². The minimum atomic E-state index is -0.676. The van der Waals surface area contributed by atoms with Crippen LogP contribution in [0.4, 0.5) is 0 Å². The Morgan fingerprint density at radius 2 is 1.39 bits per heavy atom. The molecule has 0 unspecified atom stereocenters. The van der Waals surface area contributed by atoms with Crippen molar-refractivity contribution in [3.8, 4) is 0 Å². The molecule has 5 heteroatoms. The number of benzene rings is 1. The summed E-state index contributed by atoms with van der Waals surface area (Å²) in [6, 6.07) is 10.4. The second-order valence-corrected chi connectivity index (χ2v) is 9.76. The number of likely N-dealkylation sites (N-methyl/N-ethyl adjacent to an activating group) is 1. The van der Waals surface area contributed by atoms with Gasteiger partial charge in [-0.25, -0.2) is 9.59 Å². The Bertz CT molecular complexity index is 859. The first kappa shape index (κ1) is 21.7. The molecule has 5 rings (SSSR count). The molecule has 1 aromatic carbocycles. The first-order valence-corrected chi connectivity index (χ1v) is 11.2. The topological polar surface area (TPSA) is 55.8 Å². The number of hydrogen-bond donors (Lipinski definition) is 0. The Morgan fingerprint density at radius 1 is 0.903 bits per heavy atom. The third-order valence-electron chi connectivity index (χ3n) is 7.49. The van der Waals surface area contributed by atoms with Gasteiger partial charge >= 0.3 is 11.9 Å². The fraction of sp³-hybridized carbons (Fsp3) is 0.538. The predicted octanol–water partition coefficient (Wildman–Crippen LogP) is 4.45. The number of hydrogen-bond acceptors (Lipinski definition) is 5. The highest BCUT2D eigenvalue weighted by Crippen LogP contribution is 2.64. The summed E-state index contributed by atoms with van der Waals surface area (Å²) in [4.78, 5) is 27.0. The van der Waals surface area contributed by atoms with Crippen LogP contribution in [0.3, 0.4) is 0 Å². The molecule has 0 N–H and O–H groups in total. The standard InChI is InChI=1S/C26H33NO4/c1-27(2)22(23(24(28)30-3)25(29)31-4)13-21(20-8-6-5-7-9-20)26-14-17-10-18(15-26)12-19(11-17)16-26/h5-9,13,17-19H,10-12,14-16H2,1-4H3/b21-13+. The van der Waals surface area contributed by atoms with Crippen LogP contribution in [0, 0.1) is 23.2 Å². The van der Waals surface area contributed by atoms with Crippen molar-refractivity contribution in [2.75, 3.05) is 28.3 Å². The molecule has 166 valence electrons. The quantitative estimate of drug-likeness (QED) is 0.222. The van der Waals surface area contributed by atoms with Gasteiger partial charge in [-0.1, -0.05) is 30.3 Å². The van der Waals surface area contributed by atoms with Gasteiger partial charge in [-0.2, -0.15) is 0 Å². The van der Waals surface area contributed by atoms with Gasteiger partial charge < -0.3 is 14.4 Å². The molecule has 0 spiro atoms. The van der Waals surface area contributed by atoms with Crippen LogP contribution in [0.2, 0.25) is 0 Å². The van der Waals surface area contributed by atoms with Crippen LogP contribution in [0.5, 0.6) is 0 Å². The number of methoxy groups -OCH3 is 2. The van der Waals surface area contributed by atoms with Gasteiger partial charge in [0.25, 0.3) is 0 Å². The van der Waals surface area contributed by atoms with E-state index >= 15 is 0 Å². The number of rotatable bonds is 6. The lowest BCUT2D eigenvalue weighted by Crippen LogP contribution is -2.46. The minimum absolute atomic E-state index is 0.0619. The summed E-state index contributed by atoms with van der Waals surface area (Å²) >= 11 is 0. The van der Waals surface area contributed by atoms with Gasteiger partial charge in [-0.3, -0.25) is 0 Å². The SMILES string of the molecule is COC(=O)C(C(=O)OC)=C(/C=C(\c1ccccc1)C12CC3CC(CC(C3)C1)C2)N(C)C. The Balaban J connectivity index is 1.91. The van der Waals surface area contributed by atoms with Crippen LogP contribution in [-0.2, 0) is 19.1 Å². The predicted molar refractivity (Wildman–Crippen MR) is 120 cm³/mol. The van der Waals surface area contributed by atoms with Crippen molar-refractivity contribution >= 4 is 17.5 Å². The van der Waals surface area contributed by atoms with E-state index in [9.17, 15) is 9.59 Å². The molecular formula is C26H33NO4. The molecule has 31 heavy (non-hydrogen) atoms. The molecule has 0 radical (unpaired) electrons. The van der Waals surface area contributed by atoms with Gasteiger partial charge in [0.1, 0.15) is 0 Å². The van der Waals surface area contributed by atoms with Gasteiger partial charge in [-0.05, 0) is 78.9 Å². The van der Waals surface area contributed by atoms with Gasteiger partial charge in [0.2, 0.25) is 0 Å². The van der Waals surface area contributed by atoms with E-state index in [1.165, 1.54) is 58.3 Å². The van der Waals surface area contributed by atoms with E-state index in [0.717, 1.165) is 23.3 Å². The number of allylic oxidation sites excluding steroid dienone is 2. The molecule has 0 saturated heterocycles. The summed E-state index contributed by atoms with van der Waals surface area (Å²) in [6.07, 6.45) is 9.68. The van der Waals surface area contributed by atoms with Crippen LogP contribution in [-0.4, -0.2) is 45.2 Å². The lowest BCUT2D eigenvalue weighted by atomic mass is 9.47. The van der Waals surface area contributed by atoms with Crippen molar-refractivity contribution < 1.29 is 19.1 Å². The lowest BCUT2D eigenvalue weighted by Gasteiger charge is -2.58. The maximum absolute atomic E-state index is 12.6. The van der Waals surface area contributed by atoms with Crippen LogP contribution in [0.15, 0.2) is 47.7 Å². The van der Waals surface area contributed by atoms with Gasteiger partial charge in [0.15, 0.2) is 5.57 Å². The number of nitrogens with zero attached hydrogens (tertiary/aromatic N) is 1. The molecular weight excluding hydrogens is 390 g/mol. The van der Waals surface area contributed by atoms with E-state index in [2.05, 4.69) is 30.3 Å². The maximum Gasteiger partial charge on any atom is 0.347 e. The van der Waals surface area contributed by atoms with Crippen molar-refractivity contribution in [2.45, 2.75) is 38.5 Å². The molecule has 5 nitrogen and oxygen atoms in total. The number of esters is 2. The molecule has 0 heterocycles. The molecule has 4 saturated carbocycles. The Labute approximate surface area is 185 Å². The van der Waals surface area contributed by atoms with E-state index in [4.69, 9.17) is 9.47 Å². The monoisotopic (exact) mass is 423 g/mol. The van der Waals surface area contributed by atoms with Crippen molar-refractivity contribution in [1.82, 2.24) is 4.90 Å². The fourth-order valence-corrected chi connectivity index (χ4v) is 6.66. The highest BCUT2D eigenvalue weighted by Gasteiger charge is 2.52. The molecule has 4 aliphatic rings. The van der Waals surface area contributed by atoms with Crippen molar-refractivity contribution in [1.29, 1.82) is 0 Å². The largest absolute Gasteiger partial charge is 0.465 e. The number of carbonyl (C=O) groups is 2. The Hall–Kier alpha value is -2.56. The molecule has 1 aromatic rings. The summed E-state index contributed by atoms with van der Waals surface area (Å²) in [5.74, 6) is 0.997. The molecule has 0 aromatic heterocycles. The van der Waals surface area contributed by atoms with Gasteiger partial charge in [-0.15, -0.1) is 0 Å². The smallest absolute Gasteiger partial charge is 0.347 e. The summed E-state index contributed by atoms with van der Waals surface area (Å²) in [6.45, 7) is 0. The second kappa shape index (κ2) is 8.52. The molecule has 4 bridgehead atoms. The number of ether oxygens (including phenoxy) is 2. The van der Waals surface area contributed by atoms with Gasteiger partial charge in [0.05, 0.1) is 19.9 Å². The lowest BCUT2D eigenvalue weighted by molar-refractivity contribution is -0.144. The van der Waals surface area contributed by atoms with Gasteiger partial charge in [0, 0.05) is 14.1 Å². The molecule has 4 fully saturated rings. The van der Waals surface area contributed by atoms with E-state index in [1.807, 2.05) is 25.1 Å². The molecule has 4 aliphatic carbocycles. The summed E-state index contributed by atoms with van der Waals surface area (Å²) in [5.41, 5.74) is 2.97. The third-order valence-corrected chi connectivity index (χ3v) is 7.49.